The highest BCUT2D eigenvalue weighted by Crippen LogP contribution is 2.29. The Hall–Kier alpha value is -2.58. The minimum Gasteiger partial charge on any atom is -0.494 e. The van der Waals surface area contributed by atoms with Crippen LogP contribution in [0.25, 0.3) is 0 Å². The molecule has 0 spiro atoms. The van der Waals surface area contributed by atoms with Gasteiger partial charge in [-0.1, -0.05) is 17.7 Å². The molecule has 158 valence electrons. The Kier molecular flexibility index (Phi) is 8.04. The number of hydrogen-bond acceptors (Lipinski definition) is 5. The van der Waals surface area contributed by atoms with Gasteiger partial charge in [-0.15, -0.1) is 0 Å². The number of nitrogens with zero attached hydrogens (tertiary/aromatic N) is 1. The topological polar surface area (TPSA) is 84.9 Å². The van der Waals surface area contributed by atoms with Gasteiger partial charge in [0.25, 0.3) is 0 Å². The molecule has 29 heavy (non-hydrogen) atoms. The molecular formula is C21H28N2O5S. The molecule has 0 atom stereocenters. The molecule has 2 aromatic carbocycles. The third-order valence-corrected chi connectivity index (χ3v) is 5.96. The molecule has 7 nitrogen and oxygen atoms in total. The molecule has 0 aliphatic rings. The van der Waals surface area contributed by atoms with Crippen molar-refractivity contribution < 1.29 is 22.7 Å². The van der Waals surface area contributed by atoms with Crippen molar-refractivity contribution in [3.05, 3.63) is 48.0 Å². The summed E-state index contributed by atoms with van der Waals surface area (Å²) >= 11 is 0. The molecule has 0 bridgehead atoms. The Bertz CT molecular complexity index is 925. The number of amides is 1. The fraction of sp³-hybridized carbons (Fsp3) is 0.381. The van der Waals surface area contributed by atoms with Gasteiger partial charge < -0.3 is 14.8 Å². The molecule has 0 fully saturated rings. The standard InChI is InChI=1S/C21H28N2O5S/c1-5-27-19-13-10-17(15-20(19)29(25,26)23(3)4)22-21(24)7-6-14-28-18-11-8-16(2)9-12-18/h8-13,15H,5-7,14H2,1-4H3,(H,22,24). The molecule has 0 aliphatic carbocycles. The van der Waals surface area contributed by atoms with E-state index < -0.39 is 10.0 Å². The Morgan fingerprint density at radius 3 is 2.38 bits per heavy atom. The number of sulfonamides is 1. The number of carbonyl (C=O) groups excluding carboxylic acids is 1. The van der Waals surface area contributed by atoms with E-state index in [1.807, 2.05) is 31.2 Å². The van der Waals surface area contributed by atoms with Crippen LogP contribution in [-0.4, -0.2) is 45.9 Å². The zero-order valence-corrected chi connectivity index (χ0v) is 18.1. The Morgan fingerprint density at radius 2 is 1.76 bits per heavy atom. The SMILES string of the molecule is CCOc1ccc(NC(=O)CCCOc2ccc(C)cc2)cc1S(=O)(=O)N(C)C. The van der Waals surface area contributed by atoms with Crippen LogP contribution in [-0.2, 0) is 14.8 Å². The largest absolute Gasteiger partial charge is 0.494 e. The average Bonchev–Trinajstić information content (AvgIpc) is 2.68. The Labute approximate surface area is 172 Å². The van der Waals surface area contributed by atoms with Crippen molar-refractivity contribution in [3.63, 3.8) is 0 Å². The summed E-state index contributed by atoms with van der Waals surface area (Å²) in [5.41, 5.74) is 1.56. The smallest absolute Gasteiger partial charge is 0.246 e. The van der Waals surface area contributed by atoms with E-state index >= 15 is 0 Å². The highest BCUT2D eigenvalue weighted by atomic mass is 32.2. The van der Waals surface area contributed by atoms with E-state index in [4.69, 9.17) is 9.47 Å². The first-order valence-electron chi connectivity index (χ1n) is 9.42. The molecule has 0 radical (unpaired) electrons. The van der Waals surface area contributed by atoms with Crippen LogP contribution in [0.4, 0.5) is 5.69 Å². The quantitative estimate of drug-likeness (QED) is 0.595. The lowest BCUT2D eigenvalue weighted by Crippen LogP contribution is -2.23. The highest BCUT2D eigenvalue weighted by molar-refractivity contribution is 7.89. The van der Waals surface area contributed by atoms with Gasteiger partial charge in [-0.25, -0.2) is 12.7 Å². The number of hydrogen-bond donors (Lipinski definition) is 1. The van der Waals surface area contributed by atoms with E-state index in [1.165, 1.54) is 20.2 Å². The van der Waals surface area contributed by atoms with Crippen LogP contribution in [0.3, 0.4) is 0 Å². The molecule has 8 heteroatoms. The second kappa shape index (κ2) is 10.3. The van der Waals surface area contributed by atoms with E-state index in [1.54, 1.807) is 19.1 Å². The van der Waals surface area contributed by atoms with Gasteiger partial charge in [-0.2, -0.15) is 0 Å². The van der Waals surface area contributed by atoms with Gasteiger partial charge in [-0.3, -0.25) is 4.79 Å². The van der Waals surface area contributed by atoms with Crippen LogP contribution >= 0.6 is 0 Å². The summed E-state index contributed by atoms with van der Waals surface area (Å²) in [6.07, 6.45) is 0.800. The maximum atomic E-state index is 12.5. The molecule has 0 saturated heterocycles. The monoisotopic (exact) mass is 420 g/mol. The number of ether oxygens (including phenoxy) is 2. The van der Waals surface area contributed by atoms with Gasteiger partial charge in [0.15, 0.2) is 0 Å². The summed E-state index contributed by atoms with van der Waals surface area (Å²) in [5, 5.41) is 2.74. The normalized spacial score (nSPS) is 11.3. The van der Waals surface area contributed by atoms with Crippen molar-refractivity contribution >= 4 is 21.6 Å². The number of benzene rings is 2. The van der Waals surface area contributed by atoms with E-state index in [2.05, 4.69) is 5.32 Å². The third-order valence-electron chi connectivity index (χ3n) is 4.12. The Balaban J connectivity index is 1.96. The number of nitrogens with one attached hydrogen (secondary N) is 1. The summed E-state index contributed by atoms with van der Waals surface area (Å²) in [6, 6.07) is 12.3. The molecule has 0 aromatic heterocycles. The van der Waals surface area contributed by atoms with Gasteiger partial charge in [0.05, 0.1) is 13.2 Å². The predicted molar refractivity (Wildman–Crippen MR) is 113 cm³/mol. The van der Waals surface area contributed by atoms with Gasteiger partial charge in [-0.05, 0) is 50.6 Å². The van der Waals surface area contributed by atoms with Crippen molar-refractivity contribution in [2.45, 2.75) is 31.6 Å². The van der Waals surface area contributed by atoms with E-state index in [0.29, 0.717) is 25.3 Å². The molecule has 1 N–H and O–H groups in total. The lowest BCUT2D eigenvalue weighted by molar-refractivity contribution is -0.116. The van der Waals surface area contributed by atoms with Crippen molar-refractivity contribution in [1.29, 1.82) is 0 Å². The van der Waals surface area contributed by atoms with Crippen LogP contribution in [0.5, 0.6) is 11.5 Å². The fourth-order valence-electron chi connectivity index (χ4n) is 2.54. The molecule has 0 aliphatic heterocycles. The molecule has 1 amide bonds. The van der Waals surface area contributed by atoms with Crippen molar-refractivity contribution in [3.8, 4) is 11.5 Å². The first-order chi connectivity index (χ1) is 13.7. The van der Waals surface area contributed by atoms with Crippen molar-refractivity contribution in [1.82, 2.24) is 4.31 Å². The number of carbonyl (C=O) groups is 1. The molecule has 0 unspecified atom stereocenters. The fourth-order valence-corrected chi connectivity index (χ4v) is 3.59. The van der Waals surface area contributed by atoms with Crippen LogP contribution in [0.2, 0.25) is 0 Å². The summed E-state index contributed by atoms with van der Waals surface area (Å²) in [5.74, 6) is 0.807. The second-order valence-electron chi connectivity index (χ2n) is 6.70. The van der Waals surface area contributed by atoms with Crippen LogP contribution in [0, 0.1) is 6.92 Å². The minimum absolute atomic E-state index is 0.0184. The van der Waals surface area contributed by atoms with E-state index in [9.17, 15) is 13.2 Å². The van der Waals surface area contributed by atoms with E-state index in [-0.39, 0.29) is 23.0 Å². The lowest BCUT2D eigenvalue weighted by Gasteiger charge is -2.16. The van der Waals surface area contributed by atoms with E-state index in [0.717, 1.165) is 15.6 Å². The van der Waals surface area contributed by atoms with Gasteiger partial charge >= 0.3 is 0 Å². The van der Waals surface area contributed by atoms with Crippen molar-refractivity contribution in [2.24, 2.45) is 0 Å². The predicted octanol–water partition coefficient (Wildman–Crippen LogP) is 3.44. The van der Waals surface area contributed by atoms with Crippen LogP contribution in [0.15, 0.2) is 47.4 Å². The molecular weight excluding hydrogens is 392 g/mol. The van der Waals surface area contributed by atoms with Crippen LogP contribution < -0.4 is 14.8 Å². The van der Waals surface area contributed by atoms with Gasteiger partial charge in [0, 0.05) is 26.2 Å². The molecule has 2 aromatic rings. The zero-order valence-electron chi connectivity index (χ0n) is 17.3. The molecule has 2 rings (SSSR count). The number of aryl methyl sites for hydroxylation is 1. The first kappa shape index (κ1) is 22.7. The summed E-state index contributed by atoms with van der Waals surface area (Å²) in [4.78, 5) is 12.2. The summed E-state index contributed by atoms with van der Waals surface area (Å²) in [7, 11) is -0.808. The summed E-state index contributed by atoms with van der Waals surface area (Å²) < 4.78 is 37.2. The first-order valence-corrected chi connectivity index (χ1v) is 10.9. The highest BCUT2D eigenvalue weighted by Gasteiger charge is 2.23. The number of rotatable bonds is 10. The molecule has 0 heterocycles. The lowest BCUT2D eigenvalue weighted by atomic mass is 10.2. The maximum Gasteiger partial charge on any atom is 0.246 e. The van der Waals surface area contributed by atoms with Crippen LogP contribution in [0.1, 0.15) is 25.3 Å². The second-order valence-corrected chi connectivity index (χ2v) is 8.82. The minimum atomic E-state index is -3.71. The average molecular weight is 421 g/mol. The maximum absolute atomic E-state index is 12.5. The van der Waals surface area contributed by atoms with Gasteiger partial charge in [0.1, 0.15) is 16.4 Å². The summed E-state index contributed by atoms with van der Waals surface area (Å²) in [6.45, 7) is 4.54. The third kappa shape index (κ3) is 6.47. The Morgan fingerprint density at radius 1 is 1.07 bits per heavy atom. The zero-order chi connectivity index (χ0) is 21.4. The van der Waals surface area contributed by atoms with Crippen molar-refractivity contribution in [2.75, 3.05) is 32.6 Å². The number of anilines is 1. The molecule has 0 saturated carbocycles. The van der Waals surface area contributed by atoms with Gasteiger partial charge in [0.2, 0.25) is 15.9 Å².